The van der Waals surface area contributed by atoms with Crippen molar-refractivity contribution in [1.29, 1.82) is 0 Å². The third kappa shape index (κ3) is 3.55. The minimum Gasteiger partial charge on any atom is -0.504 e. The first-order chi connectivity index (χ1) is 9.10. The van der Waals surface area contributed by atoms with Gasteiger partial charge in [0.25, 0.3) is 0 Å². The standard InChI is InChI=1S/C14H13BrClNO2/c1-19-14-6-9(2-5-13(14)18)8-17-12-4-3-10(15)7-11(12)16/h2-7,17-18H,8H2,1H3. The second-order valence-corrected chi connectivity index (χ2v) is 5.31. The number of phenolic OH excluding ortho intramolecular Hbond substituents is 1. The number of hydrogen-bond acceptors (Lipinski definition) is 3. The normalized spacial score (nSPS) is 10.3. The Morgan fingerprint density at radius 1 is 1.26 bits per heavy atom. The molecule has 2 rings (SSSR count). The van der Waals surface area contributed by atoms with E-state index in [9.17, 15) is 5.11 Å². The Morgan fingerprint density at radius 3 is 2.74 bits per heavy atom. The molecule has 0 saturated heterocycles. The van der Waals surface area contributed by atoms with E-state index in [1.807, 2.05) is 24.3 Å². The maximum atomic E-state index is 9.52. The highest BCUT2D eigenvalue weighted by molar-refractivity contribution is 9.10. The van der Waals surface area contributed by atoms with Gasteiger partial charge in [0.2, 0.25) is 0 Å². The lowest BCUT2D eigenvalue weighted by atomic mass is 10.2. The van der Waals surface area contributed by atoms with Crippen molar-refractivity contribution in [2.24, 2.45) is 0 Å². The molecule has 0 heterocycles. The van der Waals surface area contributed by atoms with E-state index in [0.29, 0.717) is 17.3 Å². The molecule has 3 nitrogen and oxygen atoms in total. The maximum absolute atomic E-state index is 9.52. The molecule has 19 heavy (non-hydrogen) atoms. The summed E-state index contributed by atoms with van der Waals surface area (Å²) in [6.07, 6.45) is 0. The van der Waals surface area contributed by atoms with Crippen molar-refractivity contribution >= 4 is 33.2 Å². The minimum atomic E-state index is 0.132. The minimum absolute atomic E-state index is 0.132. The van der Waals surface area contributed by atoms with E-state index in [4.69, 9.17) is 16.3 Å². The number of anilines is 1. The summed E-state index contributed by atoms with van der Waals surface area (Å²) in [5, 5.41) is 13.4. The van der Waals surface area contributed by atoms with Gasteiger partial charge in [-0.3, -0.25) is 0 Å². The molecular weight excluding hydrogens is 330 g/mol. The second kappa shape index (κ2) is 6.17. The second-order valence-electron chi connectivity index (χ2n) is 3.98. The highest BCUT2D eigenvalue weighted by Crippen LogP contribution is 2.28. The van der Waals surface area contributed by atoms with E-state index in [1.165, 1.54) is 7.11 Å². The molecule has 0 radical (unpaired) electrons. The first-order valence-corrected chi connectivity index (χ1v) is 6.82. The van der Waals surface area contributed by atoms with Crippen LogP contribution in [0.25, 0.3) is 0 Å². The summed E-state index contributed by atoms with van der Waals surface area (Å²) in [5.41, 5.74) is 1.85. The van der Waals surface area contributed by atoms with Crippen LogP contribution in [0.3, 0.4) is 0 Å². The van der Waals surface area contributed by atoms with Gasteiger partial charge >= 0.3 is 0 Å². The Morgan fingerprint density at radius 2 is 2.05 bits per heavy atom. The zero-order chi connectivity index (χ0) is 13.8. The van der Waals surface area contributed by atoms with Crippen molar-refractivity contribution in [3.63, 3.8) is 0 Å². The van der Waals surface area contributed by atoms with Gasteiger partial charge in [0, 0.05) is 11.0 Å². The molecule has 0 atom stereocenters. The molecule has 2 N–H and O–H groups in total. The lowest BCUT2D eigenvalue weighted by molar-refractivity contribution is 0.373. The Balaban J connectivity index is 2.10. The molecular formula is C14H13BrClNO2. The van der Waals surface area contributed by atoms with Gasteiger partial charge in [-0.2, -0.15) is 0 Å². The number of benzene rings is 2. The molecule has 0 aliphatic heterocycles. The van der Waals surface area contributed by atoms with E-state index in [0.717, 1.165) is 15.7 Å². The highest BCUT2D eigenvalue weighted by atomic mass is 79.9. The average molecular weight is 343 g/mol. The molecule has 0 saturated carbocycles. The number of phenols is 1. The maximum Gasteiger partial charge on any atom is 0.160 e. The van der Waals surface area contributed by atoms with Crippen molar-refractivity contribution in [3.05, 3.63) is 51.5 Å². The summed E-state index contributed by atoms with van der Waals surface area (Å²) in [4.78, 5) is 0. The molecule has 0 aliphatic rings. The van der Waals surface area contributed by atoms with E-state index >= 15 is 0 Å². The molecule has 2 aromatic carbocycles. The fourth-order valence-electron chi connectivity index (χ4n) is 1.66. The first-order valence-electron chi connectivity index (χ1n) is 5.65. The molecule has 0 spiro atoms. The molecule has 0 aromatic heterocycles. The Labute approximate surface area is 125 Å². The van der Waals surface area contributed by atoms with Crippen LogP contribution >= 0.6 is 27.5 Å². The predicted molar refractivity (Wildman–Crippen MR) is 81.1 cm³/mol. The van der Waals surface area contributed by atoms with Crippen LogP contribution in [0.15, 0.2) is 40.9 Å². The van der Waals surface area contributed by atoms with Crippen LogP contribution in [0.4, 0.5) is 5.69 Å². The Bertz CT molecular complexity index is 590. The van der Waals surface area contributed by atoms with Crippen LogP contribution in [0.2, 0.25) is 5.02 Å². The van der Waals surface area contributed by atoms with Crippen LogP contribution < -0.4 is 10.1 Å². The van der Waals surface area contributed by atoms with Crippen LogP contribution in [0.5, 0.6) is 11.5 Å². The Kier molecular flexibility index (Phi) is 4.56. The van der Waals surface area contributed by atoms with Gasteiger partial charge in [0.05, 0.1) is 17.8 Å². The number of ether oxygens (including phenoxy) is 1. The van der Waals surface area contributed by atoms with E-state index in [2.05, 4.69) is 21.2 Å². The predicted octanol–water partition coefficient (Wildman–Crippen LogP) is 4.43. The molecule has 0 amide bonds. The summed E-state index contributed by atoms with van der Waals surface area (Å²) < 4.78 is 6.01. The van der Waals surface area contributed by atoms with E-state index in [1.54, 1.807) is 12.1 Å². The molecule has 0 fully saturated rings. The zero-order valence-corrected chi connectivity index (χ0v) is 12.6. The quantitative estimate of drug-likeness (QED) is 0.863. The van der Waals surface area contributed by atoms with E-state index < -0.39 is 0 Å². The monoisotopic (exact) mass is 341 g/mol. The summed E-state index contributed by atoms with van der Waals surface area (Å²) in [6, 6.07) is 10.9. The molecule has 0 aliphatic carbocycles. The van der Waals surface area contributed by atoms with Crippen molar-refractivity contribution in [2.75, 3.05) is 12.4 Å². The zero-order valence-electron chi connectivity index (χ0n) is 10.3. The fraction of sp³-hybridized carbons (Fsp3) is 0.143. The van der Waals surface area contributed by atoms with Crippen LogP contribution in [0.1, 0.15) is 5.56 Å². The SMILES string of the molecule is COc1cc(CNc2ccc(Br)cc2Cl)ccc1O. The first kappa shape index (κ1) is 14.0. The highest BCUT2D eigenvalue weighted by Gasteiger charge is 2.04. The van der Waals surface area contributed by atoms with Crippen molar-refractivity contribution in [3.8, 4) is 11.5 Å². The summed E-state index contributed by atoms with van der Waals surface area (Å²) in [6.45, 7) is 0.595. The number of aromatic hydroxyl groups is 1. The van der Waals surface area contributed by atoms with Gasteiger partial charge in [0.15, 0.2) is 11.5 Å². The van der Waals surface area contributed by atoms with Gasteiger partial charge in [-0.1, -0.05) is 33.6 Å². The van der Waals surface area contributed by atoms with Crippen molar-refractivity contribution < 1.29 is 9.84 Å². The number of rotatable bonds is 4. The molecule has 5 heteroatoms. The van der Waals surface area contributed by atoms with Gasteiger partial charge in [-0.25, -0.2) is 0 Å². The van der Waals surface area contributed by atoms with Gasteiger partial charge in [-0.05, 0) is 35.9 Å². The summed E-state index contributed by atoms with van der Waals surface area (Å²) in [5.74, 6) is 0.592. The number of nitrogens with one attached hydrogen (secondary N) is 1. The fourth-order valence-corrected chi connectivity index (χ4v) is 2.40. The van der Waals surface area contributed by atoms with E-state index in [-0.39, 0.29) is 5.75 Å². The third-order valence-electron chi connectivity index (χ3n) is 2.66. The van der Waals surface area contributed by atoms with Crippen LogP contribution in [-0.2, 0) is 6.54 Å². The summed E-state index contributed by atoms with van der Waals surface area (Å²) in [7, 11) is 1.53. The number of methoxy groups -OCH3 is 1. The van der Waals surface area contributed by atoms with Gasteiger partial charge in [-0.15, -0.1) is 0 Å². The van der Waals surface area contributed by atoms with Crippen LogP contribution in [0, 0.1) is 0 Å². The van der Waals surface area contributed by atoms with Gasteiger partial charge < -0.3 is 15.2 Å². The number of halogens is 2. The molecule has 0 unspecified atom stereocenters. The Hall–Kier alpha value is -1.39. The molecule has 100 valence electrons. The average Bonchev–Trinajstić information content (AvgIpc) is 2.39. The van der Waals surface area contributed by atoms with Crippen molar-refractivity contribution in [1.82, 2.24) is 0 Å². The molecule has 2 aromatic rings. The van der Waals surface area contributed by atoms with Crippen LogP contribution in [-0.4, -0.2) is 12.2 Å². The number of hydrogen-bond donors (Lipinski definition) is 2. The third-order valence-corrected chi connectivity index (χ3v) is 3.46. The largest absolute Gasteiger partial charge is 0.504 e. The smallest absolute Gasteiger partial charge is 0.160 e. The van der Waals surface area contributed by atoms with Crippen molar-refractivity contribution in [2.45, 2.75) is 6.54 Å². The summed E-state index contributed by atoms with van der Waals surface area (Å²) >= 11 is 9.48. The molecule has 0 bridgehead atoms. The lowest BCUT2D eigenvalue weighted by Crippen LogP contribution is -2.00. The topological polar surface area (TPSA) is 41.5 Å². The lowest BCUT2D eigenvalue weighted by Gasteiger charge is -2.10. The van der Waals surface area contributed by atoms with Gasteiger partial charge in [0.1, 0.15) is 0 Å².